The topological polar surface area (TPSA) is 66.0 Å². The first-order chi connectivity index (χ1) is 14.8. The Kier molecular flexibility index (Phi) is 5.00. The van der Waals surface area contributed by atoms with E-state index in [1.54, 1.807) is 6.26 Å². The number of aliphatic hydroxyl groups is 1. The first-order valence-corrected chi connectivity index (χ1v) is 12.1. The maximum atomic E-state index is 11.2. The summed E-state index contributed by atoms with van der Waals surface area (Å²) in [4.78, 5) is 0. The molecule has 0 amide bonds. The van der Waals surface area contributed by atoms with Gasteiger partial charge >= 0.3 is 0 Å². The Balaban J connectivity index is 1.43. The van der Waals surface area contributed by atoms with Gasteiger partial charge in [0, 0.05) is 0 Å². The van der Waals surface area contributed by atoms with Crippen LogP contribution >= 0.6 is 0 Å². The zero-order chi connectivity index (χ0) is 21.9. The van der Waals surface area contributed by atoms with Crippen LogP contribution < -0.4 is 0 Å². The molecule has 0 aliphatic heterocycles. The van der Waals surface area contributed by atoms with E-state index in [4.69, 9.17) is 4.42 Å². The molecule has 4 saturated carbocycles. The average Bonchev–Trinajstić information content (AvgIpc) is 3.33. The lowest BCUT2D eigenvalue weighted by molar-refractivity contribution is -0.138. The quantitative estimate of drug-likeness (QED) is 0.424. The Bertz CT molecular complexity index is 911. The van der Waals surface area contributed by atoms with Gasteiger partial charge in [0.1, 0.15) is 5.76 Å². The van der Waals surface area contributed by atoms with E-state index in [0.29, 0.717) is 23.7 Å². The van der Waals surface area contributed by atoms with Crippen molar-refractivity contribution in [2.24, 2.45) is 39.7 Å². The number of furan rings is 1. The number of hydrogen-bond donors (Lipinski definition) is 2. The average molecular weight is 424 g/mol. The van der Waals surface area contributed by atoms with Crippen molar-refractivity contribution in [1.29, 1.82) is 0 Å². The fourth-order valence-electron chi connectivity index (χ4n) is 8.17. The third kappa shape index (κ3) is 3.16. The molecule has 0 spiro atoms. The number of allylic oxidation sites excluding steroid dienone is 3. The van der Waals surface area contributed by atoms with Crippen LogP contribution in [-0.4, -0.2) is 21.6 Å². The molecule has 1 aromatic heterocycles. The summed E-state index contributed by atoms with van der Waals surface area (Å²) >= 11 is 0. The van der Waals surface area contributed by atoms with Crippen molar-refractivity contribution in [1.82, 2.24) is 0 Å². The minimum atomic E-state index is -0.522. The predicted molar refractivity (Wildman–Crippen MR) is 123 cm³/mol. The Hall–Kier alpha value is -1.81. The number of fused-ring (bicyclic) bond motifs is 5. The zero-order valence-electron chi connectivity index (χ0n) is 19.2. The molecule has 4 aliphatic carbocycles. The van der Waals surface area contributed by atoms with E-state index in [1.807, 2.05) is 24.3 Å². The highest BCUT2D eigenvalue weighted by Gasteiger charge is 2.63. The van der Waals surface area contributed by atoms with Gasteiger partial charge in [-0.3, -0.25) is 0 Å². The molecular weight excluding hydrogens is 386 g/mol. The molecule has 0 bridgehead atoms. The van der Waals surface area contributed by atoms with Gasteiger partial charge in [-0.1, -0.05) is 31.2 Å². The number of rotatable bonds is 2. The van der Waals surface area contributed by atoms with Crippen molar-refractivity contribution in [3.8, 4) is 0 Å². The summed E-state index contributed by atoms with van der Waals surface area (Å²) in [6.45, 7) is 6.94. The maximum absolute atomic E-state index is 11.2. The molecular formula is C27H37NO3. The van der Waals surface area contributed by atoms with Crippen LogP contribution in [0.4, 0.5) is 0 Å². The van der Waals surface area contributed by atoms with E-state index in [-0.39, 0.29) is 10.8 Å². The summed E-state index contributed by atoms with van der Waals surface area (Å²) in [5.41, 5.74) is 1.79. The van der Waals surface area contributed by atoms with Gasteiger partial charge in [-0.25, -0.2) is 0 Å². The van der Waals surface area contributed by atoms with Crippen LogP contribution in [0.2, 0.25) is 0 Å². The van der Waals surface area contributed by atoms with Crippen molar-refractivity contribution < 1.29 is 14.7 Å². The molecule has 7 atom stereocenters. The Morgan fingerprint density at radius 3 is 2.65 bits per heavy atom. The van der Waals surface area contributed by atoms with Crippen molar-refractivity contribution in [2.45, 2.75) is 77.7 Å². The summed E-state index contributed by atoms with van der Waals surface area (Å²) in [5.74, 6) is 3.45. The van der Waals surface area contributed by atoms with Crippen LogP contribution in [0, 0.1) is 34.5 Å². The van der Waals surface area contributed by atoms with Crippen molar-refractivity contribution in [3.63, 3.8) is 0 Å². The molecule has 0 saturated heterocycles. The SMILES string of the molecule is C[C@]1(O)CCC2C3CC[C@H]4CC(=N/O)/C(=C\C=C\c5ccco5)C[C@]4(C)C3CC[C@@]21C. The molecule has 168 valence electrons. The summed E-state index contributed by atoms with van der Waals surface area (Å²) in [7, 11) is 0. The summed E-state index contributed by atoms with van der Waals surface area (Å²) in [6, 6.07) is 3.83. The van der Waals surface area contributed by atoms with E-state index < -0.39 is 5.60 Å². The molecule has 3 unspecified atom stereocenters. The van der Waals surface area contributed by atoms with Crippen LogP contribution in [0.5, 0.6) is 0 Å². The molecule has 0 aromatic carbocycles. The second-order valence-electron chi connectivity index (χ2n) is 11.4. The lowest BCUT2D eigenvalue weighted by atomic mass is 9.44. The van der Waals surface area contributed by atoms with Crippen molar-refractivity contribution in [3.05, 3.63) is 41.9 Å². The first-order valence-electron chi connectivity index (χ1n) is 12.1. The third-order valence-corrected chi connectivity index (χ3v) is 10.2. The Labute approximate surface area is 186 Å². The highest BCUT2D eigenvalue weighted by molar-refractivity contribution is 6.01. The molecule has 1 aromatic rings. The van der Waals surface area contributed by atoms with E-state index in [1.165, 1.54) is 25.7 Å². The van der Waals surface area contributed by atoms with Crippen LogP contribution in [0.15, 0.2) is 45.7 Å². The number of hydrogen-bond acceptors (Lipinski definition) is 4. The molecule has 4 fully saturated rings. The second-order valence-corrected chi connectivity index (χ2v) is 11.4. The lowest BCUT2D eigenvalue weighted by Crippen LogP contribution is -2.56. The fourth-order valence-corrected chi connectivity index (χ4v) is 8.17. The Morgan fingerprint density at radius 1 is 1.10 bits per heavy atom. The minimum Gasteiger partial charge on any atom is -0.465 e. The van der Waals surface area contributed by atoms with Gasteiger partial charge in [0.2, 0.25) is 0 Å². The predicted octanol–water partition coefficient (Wildman–Crippen LogP) is 6.45. The van der Waals surface area contributed by atoms with Crippen LogP contribution in [-0.2, 0) is 0 Å². The smallest absolute Gasteiger partial charge is 0.126 e. The molecule has 5 rings (SSSR count). The summed E-state index contributed by atoms with van der Waals surface area (Å²) < 4.78 is 5.40. The van der Waals surface area contributed by atoms with E-state index >= 15 is 0 Å². The molecule has 2 N–H and O–H groups in total. The van der Waals surface area contributed by atoms with Gasteiger partial charge in [0.25, 0.3) is 0 Å². The normalized spacial score (nSPS) is 47.5. The first kappa shape index (κ1) is 21.1. The van der Waals surface area contributed by atoms with Gasteiger partial charge in [0.15, 0.2) is 0 Å². The zero-order valence-corrected chi connectivity index (χ0v) is 19.2. The van der Waals surface area contributed by atoms with Gasteiger partial charge < -0.3 is 14.7 Å². The van der Waals surface area contributed by atoms with Gasteiger partial charge in [-0.2, -0.15) is 0 Å². The molecule has 4 aliphatic rings. The standard InChI is InChI=1S/C27H37NO3/c1-25-17-18(6-4-7-20-8-5-15-31-20)24(28-30)16-19(25)9-10-21-22(25)11-13-26(2)23(21)12-14-27(26,3)29/h4-8,15,19,21-23,29-30H,9-14,16-17H2,1-3H3/b7-4+,18-6-,28-24-/t19-,21?,22?,23?,25-,26-,27-/m0/s1. The van der Waals surface area contributed by atoms with Gasteiger partial charge in [-0.15, -0.1) is 0 Å². The summed E-state index contributed by atoms with van der Waals surface area (Å²) in [5, 5.41) is 24.6. The van der Waals surface area contributed by atoms with Crippen molar-refractivity contribution >= 4 is 11.8 Å². The highest BCUT2D eigenvalue weighted by Crippen LogP contribution is 2.68. The second kappa shape index (κ2) is 7.37. The molecule has 31 heavy (non-hydrogen) atoms. The molecule has 0 radical (unpaired) electrons. The van der Waals surface area contributed by atoms with Crippen molar-refractivity contribution in [2.75, 3.05) is 0 Å². The van der Waals surface area contributed by atoms with Crippen LogP contribution in [0.1, 0.15) is 77.9 Å². The van der Waals surface area contributed by atoms with Crippen LogP contribution in [0.3, 0.4) is 0 Å². The van der Waals surface area contributed by atoms with Gasteiger partial charge in [-0.05, 0) is 117 Å². The fraction of sp³-hybridized carbons (Fsp3) is 0.667. The maximum Gasteiger partial charge on any atom is 0.126 e. The number of oxime groups is 1. The van der Waals surface area contributed by atoms with E-state index in [2.05, 4.69) is 32.0 Å². The number of nitrogens with zero attached hydrogens (tertiary/aromatic N) is 1. The van der Waals surface area contributed by atoms with Crippen LogP contribution in [0.25, 0.3) is 6.08 Å². The Morgan fingerprint density at radius 2 is 1.90 bits per heavy atom. The van der Waals surface area contributed by atoms with E-state index in [0.717, 1.165) is 42.7 Å². The van der Waals surface area contributed by atoms with Gasteiger partial charge in [0.05, 0.1) is 17.6 Å². The third-order valence-electron chi connectivity index (χ3n) is 10.2. The monoisotopic (exact) mass is 423 g/mol. The minimum absolute atomic E-state index is 0.0637. The largest absolute Gasteiger partial charge is 0.465 e. The molecule has 4 nitrogen and oxygen atoms in total. The van der Waals surface area contributed by atoms with E-state index in [9.17, 15) is 10.3 Å². The molecule has 1 heterocycles. The molecule has 4 heteroatoms. The highest BCUT2D eigenvalue weighted by atomic mass is 16.4. The lowest BCUT2D eigenvalue weighted by Gasteiger charge is -2.61. The summed E-state index contributed by atoms with van der Waals surface area (Å²) in [6.07, 6.45) is 16.6.